The van der Waals surface area contributed by atoms with Gasteiger partial charge in [-0.25, -0.2) is 4.79 Å². The van der Waals surface area contributed by atoms with Gasteiger partial charge in [0.25, 0.3) is 5.91 Å². The highest BCUT2D eigenvalue weighted by atomic mass is 79.9. The van der Waals surface area contributed by atoms with Gasteiger partial charge < -0.3 is 4.74 Å². The van der Waals surface area contributed by atoms with Gasteiger partial charge >= 0.3 is 5.97 Å². The molecule has 0 amide bonds. The summed E-state index contributed by atoms with van der Waals surface area (Å²) >= 11 is 9.80. The maximum atomic E-state index is 13.4. The molecule has 0 unspecified atom stereocenters. The second-order valence-corrected chi connectivity index (χ2v) is 8.05. The van der Waals surface area contributed by atoms with Gasteiger partial charge in [0, 0.05) is 15.4 Å². The number of benzene rings is 3. The van der Waals surface area contributed by atoms with Crippen LogP contribution in [0.25, 0.3) is 22.2 Å². The van der Waals surface area contributed by atoms with E-state index in [1.165, 1.54) is 11.8 Å². The first-order valence-electron chi connectivity index (χ1n) is 9.07. The van der Waals surface area contributed by atoms with Gasteiger partial charge in [-0.2, -0.15) is 9.78 Å². The van der Waals surface area contributed by atoms with Crippen LogP contribution in [0.15, 0.2) is 65.1 Å². The molecule has 1 aromatic heterocycles. The summed E-state index contributed by atoms with van der Waals surface area (Å²) in [6.07, 6.45) is 0. The summed E-state index contributed by atoms with van der Waals surface area (Å²) in [6.45, 7) is 1.84. The molecular weight excluding hydrogens is 468 g/mol. The summed E-state index contributed by atoms with van der Waals surface area (Å²) < 4.78 is 6.95. The zero-order chi connectivity index (χ0) is 21.4. The van der Waals surface area contributed by atoms with Crippen molar-refractivity contribution in [3.8, 4) is 11.3 Å². The molecule has 0 atom stereocenters. The monoisotopic (exact) mass is 482 g/mol. The Morgan fingerprint density at radius 3 is 2.47 bits per heavy atom. The molecule has 0 saturated heterocycles. The van der Waals surface area contributed by atoms with Crippen LogP contribution < -0.4 is 0 Å². The van der Waals surface area contributed by atoms with Crippen molar-refractivity contribution in [3.63, 3.8) is 0 Å². The summed E-state index contributed by atoms with van der Waals surface area (Å²) in [5.41, 5.74) is 3.69. The van der Waals surface area contributed by atoms with Crippen LogP contribution in [0.3, 0.4) is 0 Å². The molecule has 4 aromatic rings. The van der Waals surface area contributed by atoms with E-state index in [1.54, 1.807) is 36.4 Å². The summed E-state index contributed by atoms with van der Waals surface area (Å²) in [7, 11) is 1.34. The van der Waals surface area contributed by atoms with E-state index in [2.05, 4.69) is 21.0 Å². The highest BCUT2D eigenvalue weighted by Crippen LogP contribution is 2.32. The Hall–Kier alpha value is -2.96. The van der Waals surface area contributed by atoms with Crippen LogP contribution in [-0.2, 0) is 4.74 Å². The number of methoxy groups -OCH3 is 1. The fourth-order valence-electron chi connectivity index (χ4n) is 3.35. The Morgan fingerprint density at radius 2 is 1.80 bits per heavy atom. The van der Waals surface area contributed by atoms with Gasteiger partial charge in [0.1, 0.15) is 5.69 Å². The fourth-order valence-corrected chi connectivity index (χ4v) is 4.00. The van der Waals surface area contributed by atoms with Crippen LogP contribution in [-0.4, -0.2) is 28.8 Å². The van der Waals surface area contributed by atoms with Crippen LogP contribution in [0.2, 0.25) is 5.02 Å². The van der Waals surface area contributed by atoms with Crippen molar-refractivity contribution >= 4 is 50.3 Å². The maximum Gasteiger partial charge on any atom is 0.337 e. The van der Waals surface area contributed by atoms with Crippen molar-refractivity contribution in [3.05, 3.63) is 86.8 Å². The molecule has 30 heavy (non-hydrogen) atoms. The largest absolute Gasteiger partial charge is 0.465 e. The molecule has 0 N–H and O–H groups in total. The molecule has 0 spiro atoms. The third-order valence-electron chi connectivity index (χ3n) is 4.85. The average molecular weight is 484 g/mol. The minimum atomic E-state index is -0.412. The zero-order valence-corrected chi connectivity index (χ0v) is 18.5. The topological polar surface area (TPSA) is 61.2 Å². The van der Waals surface area contributed by atoms with Crippen LogP contribution >= 0.6 is 27.5 Å². The predicted octanol–water partition coefficient (Wildman–Crippen LogP) is 5.90. The molecule has 0 fully saturated rings. The number of carbonyl (C=O) groups is 2. The second-order valence-electron chi connectivity index (χ2n) is 6.73. The Bertz CT molecular complexity index is 1280. The van der Waals surface area contributed by atoms with Crippen LogP contribution in [0.4, 0.5) is 0 Å². The lowest BCUT2D eigenvalue weighted by atomic mass is 10.1. The number of ether oxygens (including phenoxy) is 1. The third-order valence-corrected chi connectivity index (χ3v) is 5.66. The fraction of sp³-hybridized carbons (Fsp3) is 0.0870. The summed E-state index contributed by atoms with van der Waals surface area (Å²) in [5.74, 6) is -0.719. The van der Waals surface area contributed by atoms with Gasteiger partial charge in [0.15, 0.2) is 0 Å². The first-order valence-corrected chi connectivity index (χ1v) is 10.2. The maximum absolute atomic E-state index is 13.4. The van der Waals surface area contributed by atoms with Crippen molar-refractivity contribution in [1.82, 2.24) is 9.78 Å². The van der Waals surface area contributed by atoms with E-state index in [4.69, 9.17) is 16.3 Å². The van der Waals surface area contributed by atoms with Crippen molar-refractivity contribution < 1.29 is 14.3 Å². The first kappa shape index (κ1) is 20.3. The van der Waals surface area contributed by atoms with E-state index in [0.29, 0.717) is 27.4 Å². The number of hydrogen-bond acceptors (Lipinski definition) is 4. The minimum absolute atomic E-state index is 0.307. The number of aryl methyl sites for hydroxylation is 1. The van der Waals surface area contributed by atoms with Crippen molar-refractivity contribution in [2.45, 2.75) is 6.92 Å². The highest BCUT2D eigenvalue weighted by Gasteiger charge is 2.22. The lowest BCUT2D eigenvalue weighted by Gasteiger charge is -2.08. The normalized spacial score (nSPS) is 10.9. The molecular formula is C23H16BrClN2O3. The standard InChI is InChI=1S/C23H16BrClN2O3/c1-13-4-3-5-18(25)20(13)22(28)27-19-12-16(24)10-11-17(19)21(26-27)14-6-8-15(9-7-14)23(29)30-2/h3-12H,1-2H3. The molecule has 1 heterocycles. The van der Waals surface area contributed by atoms with E-state index >= 15 is 0 Å². The second kappa shape index (κ2) is 8.05. The van der Waals surface area contributed by atoms with Crippen LogP contribution in [0, 0.1) is 6.92 Å². The molecule has 0 bridgehead atoms. The molecule has 4 rings (SSSR count). The molecule has 3 aromatic carbocycles. The molecule has 0 aliphatic heterocycles. The van der Waals surface area contributed by atoms with Crippen molar-refractivity contribution in [2.24, 2.45) is 0 Å². The average Bonchev–Trinajstić information content (AvgIpc) is 3.11. The van der Waals surface area contributed by atoms with E-state index in [1.807, 2.05) is 31.2 Å². The molecule has 0 saturated carbocycles. The SMILES string of the molecule is COC(=O)c1ccc(-c2nn(C(=O)c3c(C)cccc3Cl)c3cc(Br)ccc23)cc1. The lowest BCUT2D eigenvalue weighted by Crippen LogP contribution is -2.15. The molecule has 7 heteroatoms. The molecule has 150 valence electrons. The molecule has 0 aliphatic carbocycles. The van der Waals surface area contributed by atoms with E-state index in [9.17, 15) is 9.59 Å². The van der Waals surface area contributed by atoms with Crippen molar-refractivity contribution in [2.75, 3.05) is 7.11 Å². The number of rotatable bonds is 3. The molecule has 0 aliphatic rings. The number of aromatic nitrogens is 2. The summed E-state index contributed by atoms with van der Waals surface area (Å²) in [5, 5.41) is 5.81. The summed E-state index contributed by atoms with van der Waals surface area (Å²) in [4.78, 5) is 25.1. The first-order chi connectivity index (χ1) is 14.4. The van der Waals surface area contributed by atoms with Gasteiger partial charge in [-0.05, 0) is 48.9 Å². The smallest absolute Gasteiger partial charge is 0.337 e. The Labute approximate surface area is 186 Å². The van der Waals surface area contributed by atoms with E-state index in [0.717, 1.165) is 21.0 Å². The van der Waals surface area contributed by atoms with Gasteiger partial charge in [-0.3, -0.25) is 4.79 Å². The molecule has 0 radical (unpaired) electrons. The van der Waals surface area contributed by atoms with Crippen LogP contribution in [0.5, 0.6) is 0 Å². The number of nitrogens with zero attached hydrogens (tertiary/aromatic N) is 2. The number of esters is 1. The zero-order valence-electron chi connectivity index (χ0n) is 16.1. The predicted molar refractivity (Wildman–Crippen MR) is 120 cm³/mol. The number of halogens is 2. The van der Waals surface area contributed by atoms with E-state index in [-0.39, 0.29) is 5.91 Å². The lowest BCUT2D eigenvalue weighted by molar-refractivity contribution is 0.0600. The number of hydrogen-bond donors (Lipinski definition) is 0. The number of carbonyl (C=O) groups excluding carboxylic acids is 2. The van der Waals surface area contributed by atoms with Gasteiger partial charge in [0.2, 0.25) is 0 Å². The van der Waals surface area contributed by atoms with Gasteiger partial charge in [-0.15, -0.1) is 0 Å². The van der Waals surface area contributed by atoms with Crippen LogP contribution in [0.1, 0.15) is 26.3 Å². The Balaban J connectivity index is 1.90. The minimum Gasteiger partial charge on any atom is -0.465 e. The van der Waals surface area contributed by atoms with E-state index < -0.39 is 5.97 Å². The Morgan fingerprint density at radius 1 is 1.07 bits per heavy atom. The highest BCUT2D eigenvalue weighted by molar-refractivity contribution is 9.10. The van der Waals surface area contributed by atoms with Gasteiger partial charge in [0.05, 0.1) is 28.8 Å². The third kappa shape index (κ3) is 3.53. The van der Waals surface area contributed by atoms with Crippen molar-refractivity contribution in [1.29, 1.82) is 0 Å². The number of fused-ring (bicyclic) bond motifs is 1. The Kier molecular flexibility index (Phi) is 5.45. The summed E-state index contributed by atoms with van der Waals surface area (Å²) in [6, 6.07) is 17.9. The quantitative estimate of drug-likeness (QED) is 0.340. The molecule has 5 nitrogen and oxygen atoms in total. The van der Waals surface area contributed by atoms with Gasteiger partial charge in [-0.1, -0.05) is 51.8 Å².